The van der Waals surface area contributed by atoms with Crippen LogP contribution in [0.25, 0.3) is 0 Å². The van der Waals surface area contributed by atoms with Gasteiger partial charge in [-0.1, -0.05) is 15.9 Å². The van der Waals surface area contributed by atoms with Crippen LogP contribution in [0, 0.1) is 0 Å². The van der Waals surface area contributed by atoms with Gasteiger partial charge in [0.2, 0.25) is 5.91 Å². The number of halogens is 1. The molecule has 1 amide bonds. The summed E-state index contributed by atoms with van der Waals surface area (Å²) < 4.78 is 0.958. The number of hydrogen-bond acceptors (Lipinski definition) is 3. The van der Waals surface area contributed by atoms with Gasteiger partial charge < -0.3 is 16.4 Å². The third kappa shape index (κ3) is 3.79. The van der Waals surface area contributed by atoms with Crippen LogP contribution in [0.1, 0.15) is 6.42 Å². The third-order valence-corrected chi connectivity index (χ3v) is 2.45. The van der Waals surface area contributed by atoms with E-state index >= 15 is 0 Å². The lowest BCUT2D eigenvalue weighted by atomic mass is 10.2. The Morgan fingerprint density at radius 2 is 2.27 bits per heavy atom. The minimum absolute atomic E-state index is 0.0102. The van der Waals surface area contributed by atoms with Crippen molar-refractivity contribution in [1.29, 1.82) is 0 Å². The van der Waals surface area contributed by atoms with Gasteiger partial charge in [-0.05, 0) is 18.2 Å². The summed E-state index contributed by atoms with van der Waals surface area (Å²) in [4.78, 5) is 11.0. The molecule has 1 aromatic carbocycles. The van der Waals surface area contributed by atoms with Crippen molar-refractivity contribution in [2.45, 2.75) is 6.42 Å². The van der Waals surface area contributed by atoms with Crippen LogP contribution in [0.4, 0.5) is 11.4 Å². The quantitative estimate of drug-likeness (QED) is 0.729. The predicted octanol–water partition coefficient (Wildman–Crippen LogP) is 1.58. The molecule has 1 rings (SSSR count). The molecule has 4 N–H and O–H groups in total. The molecule has 0 aromatic heterocycles. The molecule has 0 radical (unpaired) electrons. The zero-order chi connectivity index (χ0) is 11.3. The molecule has 1 aromatic rings. The number of nitrogens with one attached hydrogen (secondary N) is 2. The molecular formula is C10H14BrN3O. The second kappa shape index (κ2) is 5.60. The van der Waals surface area contributed by atoms with Crippen LogP contribution in [0.3, 0.4) is 0 Å². The van der Waals surface area contributed by atoms with Gasteiger partial charge in [0.1, 0.15) is 0 Å². The van der Waals surface area contributed by atoms with Crippen LogP contribution in [0.5, 0.6) is 0 Å². The summed E-state index contributed by atoms with van der Waals surface area (Å²) in [5.41, 5.74) is 7.27. The number of nitrogen functional groups attached to an aromatic ring is 1. The number of carbonyl (C=O) groups excluding carboxylic acids is 1. The summed E-state index contributed by atoms with van der Waals surface area (Å²) in [5.74, 6) is 0.0102. The lowest BCUT2D eigenvalue weighted by Crippen LogP contribution is -2.21. The van der Waals surface area contributed by atoms with Crippen LogP contribution >= 0.6 is 15.9 Å². The first kappa shape index (κ1) is 11.8. The average molecular weight is 272 g/mol. The molecule has 0 heterocycles. The molecule has 0 unspecified atom stereocenters. The lowest BCUT2D eigenvalue weighted by molar-refractivity contribution is -0.120. The van der Waals surface area contributed by atoms with Crippen molar-refractivity contribution >= 4 is 33.2 Å². The minimum Gasteiger partial charge on any atom is -0.397 e. The van der Waals surface area contributed by atoms with Crippen molar-refractivity contribution < 1.29 is 4.79 Å². The molecule has 0 spiro atoms. The number of rotatable bonds is 4. The molecule has 0 aliphatic rings. The van der Waals surface area contributed by atoms with Gasteiger partial charge in [0, 0.05) is 24.5 Å². The summed E-state index contributed by atoms with van der Waals surface area (Å²) in [6.07, 6.45) is 0.433. The Bertz CT molecular complexity index is 355. The Morgan fingerprint density at radius 1 is 1.53 bits per heavy atom. The van der Waals surface area contributed by atoms with Crippen LogP contribution < -0.4 is 16.4 Å². The Morgan fingerprint density at radius 3 is 2.93 bits per heavy atom. The smallest absolute Gasteiger partial charge is 0.221 e. The fourth-order valence-electron chi connectivity index (χ4n) is 1.12. The highest BCUT2D eigenvalue weighted by molar-refractivity contribution is 9.10. The van der Waals surface area contributed by atoms with Gasteiger partial charge in [-0.15, -0.1) is 0 Å². The van der Waals surface area contributed by atoms with Gasteiger partial charge in [-0.25, -0.2) is 0 Å². The molecule has 4 nitrogen and oxygen atoms in total. The van der Waals surface area contributed by atoms with Crippen LogP contribution in [-0.2, 0) is 4.79 Å². The predicted molar refractivity (Wildman–Crippen MR) is 65.7 cm³/mol. The standard InChI is InChI=1S/C10H14BrN3O/c1-13-10(15)4-5-14-9-6-7(11)2-3-8(9)12/h2-3,6,14H,4-5,12H2,1H3,(H,13,15). The fraction of sp³-hybridized carbons (Fsp3) is 0.300. The largest absolute Gasteiger partial charge is 0.397 e. The van der Waals surface area contributed by atoms with E-state index in [9.17, 15) is 4.79 Å². The molecule has 0 bridgehead atoms. The summed E-state index contributed by atoms with van der Waals surface area (Å²) >= 11 is 3.36. The minimum atomic E-state index is 0.0102. The Kier molecular flexibility index (Phi) is 4.42. The fourth-order valence-corrected chi connectivity index (χ4v) is 1.48. The topological polar surface area (TPSA) is 67.2 Å². The van der Waals surface area contributed by atoms with Gasteiger partial charge in [0.15, 0.2) is 0 Å². The van der Waals surface area contributed by atoms with Gasteiger partial charge in [0.05, 0.1) is 11.4 Å². The Labute approximate surface area is 97.4 Å². The molecule has 0 atom stereocenters. The summed E-state index contributed by atoms with van der Waals surface area (Å²) in [7, 11) is 1.62. The van der Waals surface area contributed by atoms with Gasteiger partial charge in [-0.2, -0.15) is 0 Å². The van der Waals surface area contributed by atoms with E-state index in [1.807, 2.05) is 18.2 Å². The molecule has 5 heteroatoms. The first-order valence-corrected chi connectivity index (χ1v) is 5.42. The molecule has 82 valence electrons. The van der Waals surface area contributed by atoms with Gasteiger partial charge in [0.25, 0.3) is 0 Å². The second-order valence-electron chi connectivity index (χ2n) is 3.08. The van der Waals surface area contributed by atoms with E-state index in [0.29, 0.717) is 18.7 Å². The summed E-state index contributed by atoms with van der Waals surface area (Å²) in [5, 5.41) is 5.66. The van der Waals surface area contributed by atoms with Crippen molar-refractivity contribution in [3.63, 3.8) is 0 Å². The molecule has 0 saturated carbocycles. The number of hydrogen-bond donors (Lipinski definition) is 3. The number of anilines is 2. The normalized spacial score (nSPS) is 9.73. The molecule has 0 aliphatic carbocycles. The highest BCUT2D eigenvalue weighted by Crippen LogP contribution is 2.22. The highest BCUT2D eigenvalue weighted by atomic mass is 79.9. The number of benzene rings is 1. The van der Waals surface area contributed by atoms with Crippen molar-refractivity contribution in [2.75, 3.05) is 24.6 Å². The first-order chi connectivity index (χ1) is 7.13. The van der Waals surface area contributed by atoms with Crippen LogP contribution in [0.15, 0.2) is 22.7 Å². The number of carbonyl (C=O) groups is 1. The van der Waals surface area contributed by atoms with Crippen molar-refractivity contribution in [2.24, 2.45) is 0 Å². The van der Waals surface area contributed by atoms with E-state index < -0.39 is 0 Å². The Balaban J connectivity index is 2.50. The number of amides is 1. The van der Waals surface area contributed by atoms with E-state index in [4.69, 9.17) is 5.73 Å². The maximum Gasteiger partial charge on any atom is 0.221 e. The van der Waals surface area contributed by atoms with Gasteiger partial charge in [-0.3, -0.25) is 4.79 Å². The van der Waals surface area contributed by atoms with Crippen molar-refractivity contribution in [3.8, 4) is 0 Å². The summed E-state index contributed by atoms with van der Waals surface area (Å²) in [6, 6.07) is 5.57. The maximum atomic E-state index is 11.0. The lowest BCUT2D eigenvalue weighted by Gasteiger charge is -2.09. The van der Waals surface area contributed by atoms with E-state index in [2.05, 4.69) is 26.6 Å². The molecular weight excluding hydrogens is 258 g/mol. The van der Waals surface area contributed by atoms with Crippen molar-refractivity contribution in [3.05, 3.63) is 22.7 Å². The number of nitrogens with two attached hydrogens (primary N) is 1. The molecule has 0 aliphatic heterocycles. The van der Waals surface area contributed by atoms with E-state index in [0.717, 1.165) is 10.2 Å². The second-order valence-corrected chi connectivity index (χ2v) is 4.00. The molecule has 0 saturated heterocycles. The third-order valence-electron chi connectivity index (χ3n) is 1.96. The first-order valence-electron chi connectivity index (χ1n) is 4.63. The van der Waals surface area contributed by atoms with Crippen LogP contribution in [0.2, 0.25) is 0 Å². The molecule has 15 heavy (non-hydrogen) atoms. The zero-order valence-corrected chi connectivity index (χ0v) is 10.1. The van der Waals surface area contributed by atoms with Crippen molar-refractivity contribution in [1.82, 2.24) is 5.32 Å². The summed E-state index contributed by atoms with van der Waals surface area (Å²) in [6.45, 7) is 0.570. The maximum absolute atomic E-state index is 11.0. The monoisotopic (exact) mass is 271 g/mol. The van der Waals surface area contributed by atoms with E-state index in [1.54, 1.807) is 7.05 Å². The van der Waals surface area contributed by atoms with Gasteiger partial charge >= 0.3 is 0 Å². The van der Waals surface area contributed by atoms with E-state index in [1.165, 1.54) is 0 Å². The highest BCUT2D eigenvalue weighted by Gasteiger charge is 2.01. The van der Waals surface area contributed by atoms with E-state index in [-0.39, 0.29) is 5.91 Å². The zero-order valence-electron chi connectivity index (χ0n) is 8.51. The molecule has 0 fully saturated rings. The Hall–Kier alpha value is -1.23. The average Bonchev–Trinajstić information content (AvgIpc) is 2.23. The SMILES string of the molecule is CNC(=O)CCNc1cc(Br)ccc1N. The van der Waals surface area contributed by atoms with Crippen LogP contribution in [-0.4, -0.2) is 19.5 Å².